The topological polar surface area (TPSA) is 81.1 Å². The Kier molecular flexibility index (Phi) is 6.35. The van der Waals surface area contributed by atoms with Crippen molar-refractivity contribution < 1.29 is 19.8 Å². The van der Waals surface area contributed by atoms with Gasteiger partial charge in [0, 0.05) is 32.6 Å². The SMILES string of the molecule is C=CCN(CCO)C(=O)N1CCC(CCC(=O)O)C1. The van der Waals surface area contributed by atoms with Crippen LogP contribution in [0, 0.1) is 5.92 Å². The van der Waals surface area contributed by atoms with E-state index in [9.17, 15) is 9.59 Å². The number of aliphatic hydroxyl groups is 1. The van der Waals surface area contributed by atoms with Crippen LogP contribution in [0.3, 0.4) is 0 Å². The molecule has 0 spiro atoms. The number of rotatable bonds is 7. The monoisotopic (exact) mass is 270 g/mol. The van der Waals surface area contributed by atoms with Crippen molar-refractivity contribution in [3.63, 3.8) is 0 Å². The minimum Gasteiger partial charge on any atom is -0.481 e. The largest absolute Gasteiger partial charge is 0.481 e. The van der Waals surface area contributed by atoms with E-state index in [4.69, 9.17) is 10.2 Å². The number of carbonyl (C=O) groups excluding carboxylic acids is 1. The lowest BCUT2D eigenvalue weighted by molar-refractivity contribution is -0.137. The number of urea groups is 1. The van der Waals surface area contributed by atoms with Crippen LogP contribution in [0.25, 0.3) is 0 Å². The van der Waals surface area contributed by atoms with Crippen molar-refractivity contribution >= 4 is 12.0 Å². The lowest BCUT2D eigenvalue weighted by atomic mass is 10.0. The number of amides is 2. The second-order valence-electron chi connectivity index (χ2n) is 4.77. The highest BCUT2D eigenvalue weighted by molar-refractivity contribution is 5.75. The third-order valence-electron chi connectivity index (χ3n) is 3.31. The summed E-state index contributed by atoms with van der Waals surface area (Å²) in [4.78, 5) is 26.0. The molecule has 1 fully saturated rings. The van der Waals surface area contributed by atoms with Gasteiger partial charge in [-0.05, 0) is 18.8 Å². The Balaban J connectivity index is 2.45. The maximum Gasteiger partial charge on any atom is 0.320 e. The van der Waals surface area contributed by atoms with E-state index in [0.29, 0.717) is 32.6 Å². The predicted octanol–water partition coefficient (Wildman–Crippen LogP) is 0.773. The molecule has 0 aliphatic carbocycles. The van der Waals surface area contributed by atoms with Gasteiger partial charge in [0.15, 0.2) is 0 Å². The van der Waals surface area contributed by atoms with Crippen LogP contribution >= 0.6 is 0 Å². The molecule has 0 bridgehead atoms. The molecule has 1 heterocycles. The smallest absolute Gasteiger partial charge is 0.320 e. The summed E-state index contributed by atoms with van der Waals surface area (Å²) in [5.41, 5.74) is 0. The molecule has 0 aromatic heterocycles. The molecule has 1 rings (SSSR count). The molecule has 2 amide bonds. The first-order valence-electron chi connectivity index (χ1n) is 6.56. The summed E-state index contributed by atoms with van der Waals surface area (Å²) >= 11 is 0. The molecular weight excluding hydrogens is 248 g/mol. The second kappa shape index (κ2) is 7.78. The van der Waals surface area contributed by atoms with Crippen molar-refractivity contribution in [3.05, 3.63) is 12.7 Å². The van der Waals surface area contributed by atoms with Gasteiger partial charge in [0.05, 0.1) is 6.61 Å². The lowest BCUT2D eigenvalue weighted by Gasteiger charge is -2.26. The van der Waals surface area contributed by atoms with E-state index in [1.807, 2.05) is 0 Å². The van der Waals surface area contributed by atoms with Gasteiger partial charge in [0.25, 0.3) is 0 Å². The molecule has 1 atom stereocenters. The Morgan fingerprint density at radius 2 is 2.21 bits per heavy atom. The van der Waals surface area contributed by atoms with Crippen molar-refractivity contribution in [2.75, 3.05) is 32.8 Å². The number of likely N-dealkylation sites (tertiary alicyclic amines) is 1. The maximum atomic E-state index is 12.2. The summed E-state index contributed by atoms with van der Waals surface area (Å²) in [7, 11) is 0. The summed E-state index contributed by atoms with van der Waals surface area (Å²) in [5.74, 6) is -0.530. The summed E-state index contributed by atoms with van der Waals surface area (Å²) in [5, 5.41) is 17.6. The molecule has 0 aromatic carbocycles. The standard InChI is InChI=1S/C13H22N2O4/c1-2-6-14(8-9-16)13(19)15-7-5-11(10-15)3-4-12(17)18/h2,11,16H,1,3-10H2,(H,17,18). The van der Waals surface area contributed by atoms with Crippen molar-refractivity contribution in [2.45, 2.75) is 19.3 Å². The Bertz CT molecular complexity index is 333. The van der Waals surface area contributed by atoms with Gasteiger partial charge in [-0.1, -0.05) is 6.08 Å². The molecule has 0 radical (unpaired) electrons. The molecule has 0 aromatic rings. The third-order valence-corrected chi connectivity index (χ3v) is 3.31. The quantitative estimate of drug-likeness (QED) is 0.670. The minimum atomic E-state index is -0.793. The highest BCUT2D eigenvalue weighted by atomic mass is 16.4. The molecule has 2 N–H and O–H groups in total. The molecule has 1 aliphatic heterocycles. The average Bonchev–Trinajstić information content (AvgIpc) is 2.84. The van der Waals surface area contributed by atoms with E-state index in [-0.39, 0.29) is 25.0 Å². The predicted molar refractivity (Wildman–Crippen MR) is 70.8 cm³/mol. The molecule has 19 heavy (non-hydrogen) atoms. The Morgan fingerprint density at radius 3 is 2.79 bits per heavy atom. The normalized spacial score (nSPS) is 18.4. The highest BCUT2D eigenvalue weighted by Gasteiger charge is 2.28. The van der Waals surface area contributed by atoms with Gasteiger partial charge in [-0.3, -0.25) is 4.79 Å². The van der Waals surface area contributed by atoms with E-state index in [1.54, 1.807) is 15.9 Å². The molecule has 1 aliphatic rings. The first-order chi connectivity index (χ1) is 9.08. The van der Waals surface area contributed by atoms with Crippen LogP contribution in [0.2, 0.25) is 0 Å². The zero-order valence-electron chi connectivity index (χ0n) is 11.1. The number of hydrogen-bond donors (Lipinski definition) is 2. The Hall–Kier alpha value is -1.56. The molecule has 1 saturated heterocycles. The van der Waals surface area contributed by atoms with E-state index in [2.05, 4.69) is 6.58 Å². The molecule has 6 nitrogen and oxygen atoms in total. The van der Waals surface area contributed by atoms with Crippen LogP contribution in [-0.4, -0.2) is 64.8 Å². The van der Waals surface area contributed by atoms with Gasteiger partial charge >= 0.3 is 12.0 Å². The molecule has 1 unspecified atom stereocenters. The average molecular weight is 270 g/mol. The lowest BCUT2D eigenvalue weighted by Crippen LogP contribution is -2.43. The first kappa shape index (κ1) is 15.5. The van der Waals surface area contributed by atoms with E-state index >= 15 is 0 Å². The van der Waals surface area contributed by atoms with Crippen LogP contribution < -0.4 is 0 Å². The molecular formula is C13H22N2O4. The number of aliphatic carboxylic acids is 1. The number of carbonyl (C=O) groups is 2. The van der Waals surface area contributed by atoms with E-state index in [1.165, 1.54) is 0 Å². The van der Waals surface area contributed by atoms with Gasteiger partial charge in [-0.25, -0.2) is 4.79 Å². The fraction of sp³-hybridized carbons (Fsp3) is 0.692. The number of hydrogen-bond acceptors (Lipinski definition) is 3. The highest BCUT2D eigenvalue weighted by Crippen LogP contribution is 2.22. The molecule has 6 heteroatoms. The molecule has 108 valence electrons. The number of carboxylic acids is 1. The van der Waals surface area contributed by atoms with E-state index < -0.39 is 5.97 Å². The first-order valence-corrected chi connectivity index (χ1v) is 6.56. The van der Waals surface area contributed by atoms with Crippen LogP contribution in [0.5, 0.6) is 0 Å². The van der Waals surface area contributed by atoms with Gasteiger partial charge in [-0.2, -0.15) is 0 Å². The number of aliphatic hydroxyl groups excluding tert-OH is 1. The van der Waals surface area contributed by atoms with Gasteiger partial charge < -0.3 is 20.0 Å². The summed E-state index contributed by atoms with van der Waals surface area (Å²) < 4.78 is 0. The van der Waals surface area contributed by atoms with Gasteiger partial charge in [0.1, 0.15) is 0 Å². The zero-order valence-corrected chi connectivity index (χ0v) is 11.1. The number of carboxylic acid groups (broad SMARTS) is 1. The number of nitrogens with zero attached hydrogens (tertiary/aromatic N) is 2. The fourth-order valence-electron chi connectivity index (χ4n) is 2.31. The van der Waals surface area contributed by atoms with Crippen LogP contribution in [-0.2, 0) is 4.79 Å². The Labute approximate surface area is 113 Å². The van der Waals surface area contributed by atoms with Crippen LogP contribution in [0.1, 0.15) is 19.3 Å². The Morgan fingerprint density at radius 1 is 1.47 bits per heavy atom. The summed E-state index contributed by atoms with van der Waals surface area (Å²) in [6.45, 7) is 5.49. The fourth-order valence-corrected chi connectivity index (χ4v) is 2.31. The van der Waals surface area contributed by atoms with Crippen molar-refractivity contribution in [1.29, 1.82) is 0 Å². The van der Waals surface area contributed by atoms with Crippen LogP contribution in [0.4, 0.5) is 4.79 Å². The minimum absolute atomic E-state index is 0.0735. The van der Waals surface area contributed by atoms with Gasteiger partial charge in [-0.15, -0.1) is 6.58 Å². The second-order valence-corrected chi connectivity index (χ2v) is 4.77. The van der Waals surface area contributed by atoms with E-state index in [0.717, 1.165) is 6.42 Å². The molecule has 0 saturated carbocycles. The van der Waals surface area contributed by atoms with Crippen molar-refractivity contribution in [2.24, 2.45) is 5.92 Å². The maximum absolute atomic E-state index is 12.2. The van der Waals surface area contributed by atoms with Gasteiger partial charge in [0.2, 0.25) is 0 Å². The third kappa shape index (κ3) is 4.90. The summed E-state index contributed by atoms with van der Waals surface area (Å²) in [6.07, 6.45) is 3.24. The van der Waals surface area contributed by atoms with Crippen LogP contribution in [0.15, 0.2) is 12.7 Å². The van der Waals surface area contributed by atoms with Crippen molar-refractivity contribution in [1.82, 2.24) is 9.80 Å². The zero-order chi connectivity index (χ0) is 14.3. The van der Waals surface area contributed by atoms with Crippen molar-refractivity contribution in [3.8, 4) is 0 Å². The summed E-state index contributed by atoms with van der Waals surface area (Å²) in [6, 6.07) is -0.105.